The summed E-state index contributed by atoms with van der Waals surface area (Å²) < 4.78 is 24.0. The van der Waals surface area contributed by atoms with Crippen LogP contribution in [-0.2, 0) is 9.59 Å². The normalized spacial score (nSPS) is 16.1. The number of piperidine rings is 1. The zero-order valence-corrected chi connectivity index (χ0v) is 20.9. The van der Waals surface area contributed by atoms with Gasteiger partial charge in [-0.25, -0.2) is 18.7 Å². The van der Waals surface area contributed by atoms with Gasteiger partial charge in [-0.3, -0.25) is 9.69 Å². The second-order valence-corrected chi connectivity index (χ2v) is 8.43. The van der Waals surface area contributed by atoms with Crippen LogP contribution in [0.15, 0.2) is 42.7 Å². The van der Waals surface area contributed by atoms with Crippen molar-refractivity contribution in [3.05, 3.63) is 53.6 Å². The van der Waals surface area contributed by atoms with Gasteiger partial charge >= 0.3 is 0 Å². The molecule has 0 bridgehead atoms. The summed E-state index contributed by atoms with van der Waals surface area (Å²) >= 11 is 10.2. The van der Waals surface area contributed by atoms with Gasteiger partial charge in [-0.05, 0) is 62.8 Å². The van der Waals surface area contributed by atoms with E-state index in [1.54, 1.807) is 6.07 Å². The number of hydrogen-bond acceptors (Lipinski definition) is 7. The number of nitrogens with one attached hydrogen (secondary N) is 2. The molecule has 1 saturated heterocycles. The minimum absolute atomic E-state index is 0.0154. The molecule has 2 heterocycles. The van der Waals surface area contributed by atoms with Crippen molar-refractivity contribution in [2.24, 2.45) is 0 Å². The largest absolute Gasteiger partial charge is 0.388 e. The van der Waals surface area contributed by atoms with Gasteiger partial charge in [0, 0.05) is 23.8 Å². The average Bonchev–Trinajstić information content (AvgIpc) is 2.87. The molecule has 2 aromatic carbocycles. The molecule has 0 amide bonds. The van der Waals surface area contributed by atoms with Gasteiger partial charge in [-0.1, -0.05) is 29.6 Å². The fraction of sp³-hybridized carbons (Fsp3) is 0.333. The van der Waals surface area contributed by atoms with Crippen LogP contribution < -0.4 is 10.6 Å². The first-order valence-electron chi connectivity index (χ1n) is 10.8. The first-order valence-corrected chi connectivity index (χ1v) is 11.6. The Balaban J connectivity index is 0.000000255. The third-order valence-electron chi connectivity index (χ3n) is 5.19. The molecule has 4 rings (SSSR count). The Bertz CT molecular complexity index is 1120. The number of aldehydes is 2. The number of benzene rings is 2. The number of rotatable bonds is 5. The monoisotopic (exact) mass is 525 g/mol. The molecule has 0 aliphatic carbocycles. The van der Waals surface area contributed by atoms with E-state index in [4.69, 9.17) is 16.4 Å². The third-order valence-corrected chi connectivity index (χ3v) is 5.59. The van der Waals surface area contributed by atoms with Crippen molar-refractivity contribution >= 4 is 63.9 Å². The summed E-state index contributed by atoms with van der Waals surface area (Å²) in [5.74, 6) is 0.187. The van der Waals surface area contributed by atoms with Crippen LogP contribution in [0.3, 0.4) is 0 Å². The number of halogens is 4. The summed E-state index contributed by atoms with van der Waals surface area (Å²) in [5, 5.41) is 7.14. The maximum atomic E-state index is 13.2. The van der Waals surface area contributed by atoms with E-state index in [0.29, 0.717) is 11.5 Å². The number of likely N-dealkylation sites (tertiary alicyclic amines) is 1. The maximum absolute atomic E-state index is 13.2. The Morgan fingerprint density at radius 2 is 1.86 bits per heavy atom. The highest BCUT2D eigenvalue weighted by Crippen LogP contribution is 2.27. The Hall–Kier alpha value is -2.88. The summed E-state index contributed by atoms with van der Waals surface area (Å²) in [7, 11) is 3.86. The summed E-state index contributed by atoms with van der Waals surface area (Å²) in [4.78, 5) is 29.9. The number of carbonyl (C=O) groups is 2. The van der Waals surface area contributed by atoms with Crippen molar-refractivity contribution in [3.63, 3.8) is 0 Å². The molecule has 0 radical (unpaired) electrons. The van der Waals surface area contributed by atoms with E-state index >= 15 is 0 Å². The van der Waals surface area contributed by atoms with Crippen molar-refractivity contribution in [2.45, 2.75) is 30.9 Å². The maximum Gasteiger partial charge on any atom is 0.228 e. The van der Waals surface area contributed by atoms with Crippen molar-refractivity contribution in [2.75, 3.05) is 31.3 Å². The van der Waals surface area contributed by atoms with Crippen LogP contribution in [0.1, 0.15) is 19.3 Å². The van der Waals surface area contributed by atoms with E-state index in [1.165, 1.54) is 31.3 Å². The minimum Gasteiger partial charge on any atom is -0.388 e. The summed E-state index contributed by atoms with van der Waals surface area (Å²) in [6.45, 7) is 1.09. The van der Waals surface area contributed by atoms with E-state index in [2.05, 4.69) is 37.1 Å². The number of alkyl halides is 2. The molecule has 11 heteroatoms. The van der Waals surface area contributed by atoms with Gasteiger partial charge in [0.2, 0.25) is 5.63 Å². The van der Waals surface area contributed by atoms with Crippen molar-refractivity contribution in [1.82, 2.24) is 14.9 Å². The quantitative estimate of drug-likeness (QED) is 0.331. The molecule has 7 nitrogen and oxygen atoms in total. The lowest BCUT2D eigenvalue weighted by Gasteiger charge is -2.27. The highest BCUT2D eigenvalue weighted by molar-refractivity contribution is 6.31. The van der Waals surface area contributed by atoms with Crippen molar-refractivity contribution in [3.8, 4) is 0 Å². The molecular formula is C24H27Cl2F2N5O2. The molecule has 3 aromatic rings. The predicted octanol–water partition coefficient (Wildman–Crippen LogP) is 5.60. The van der Waals surface area contributed by atoms with Crippen molar-refractivity contribution < 1.29 is 18.4 Å². The fourth-order valence-corrected chi connectivity index (χ4v) is 3.48. The van der Waals surface area contributed by atoms with E-state index in [1.807, 2.05) is 32.3 Å². The van der Waals surface area contributed by atoms with Crippen LogP contribution in [0.4, 0.5) is 26.0 Å². The topological polar surface area (TPSA) is 87.2 Å². The van der Waals surface area contributed by atoms with Gasteiger partial charge in [-0.2, -0.15) is 0 Å². The summed E-state index contributed by atoms with van der Waals surface area (Å²) in [6.07, 6.45) is 6.07. The van der Waals surface area contributed by atoms with E-state index in [9.17, 15) is 13.6 Å². The molecule has 2 N–H and O–H groups in total. The second kappa shape index (κ2) is 14.5. The average molecular weight is 526 g/mol. The molecule has 1 fully saturated rings. The van der Waals surface area contributed by atoms with E-state index < -0.39 is 11.4 Å². The molecular weight excluding hydrogens is 499 g/mol. The van der Waals surface area contributed by atoms with Crippen molar-refractivity contribution in [1.29, 1.82) is 0 Å². The number of carbonyl (C=O) groups excluding carboxylic acids is 2. The van der Waals surface area contributed by atoms with Crippen LogP contribution in [0.25, 0.3) is 10.9 Å². The van der Waals surface area contributed by atoms with Gasteiger partial charge in [0.25, 0.3) is 0 Å². The standard InChI is InChI=1S/C15H12ClFN4.C7H13NO.C2H2ClFO/c1-18-9-3-5-14-11(6-9)15(20-8-19-14)21-10-2-4-13(17)12(16)7-10;1-8-5-3-2-4-7(8)6-9;3-2(4)1-5/h2-8,18H,1H3,(H,19,20,21);6-7H,2-5H2,1H3;1-2H/t;7-;/m.1./s1. The Morgan fingerprint density at radius 3 is 2.43 bits per heavy atom. The predicted molar refractivity (Wildman–Crippen MR) is 137 cm³/mol. The lowest BCUT2D eigenvalue weighted by Crippen LogP contribution is -2.37. The molecule has 2 atom stereocenters. The minimum atomic E-state index is -1.82. The van der Waals surface area contributed by atoms with Crippen LogP contribution >= 0.6 is 23.2 Å². The van der Waals surface area contributed by atoms with Crippen LogP contribution in [0, 0.1) is 5.82 Å². The smallest absolute Gasteiger partial charge is 0.228 e. The van der Waals surface area contributed by atoms with Crippen LogP contribution in [0.2, 0.25) is 5.02 Å². The summed E-state index contributed by atoms with van der Waals surface area (Å²) in [6, 6.07) is 10.4. The van der Waals surface area contributed by atoms with Gasteiger partial charge in [0.05, 0.1) is 16.6 Å². The SMILES string of the molecule is CN1CCCC[C@@H]1C=O.CNc1ccc2ncnc(Nc3ccc(F)c(Cl)c3)c2c1.O=CC(F)Cl. The fourth-order valence-electron chi connectivity index (χ4n) is 3.30. The number of hydrogen-bond donors (Lipinski definition) is 2. The second-order valence-electron chi connectivity index (χ2n) is 7.61. The number of nitrogens with zero attached hydrogens (tertiary/aromatic N) is 3. The van der Waals surface area contributed by atoms with Crippen LogP contribution in [-0.4, -0.2) is 59.8 Å². The van der Waals surface area contributed by atoms with E-state index in [-0.39, 0.29) is 17.4 Å². The molecule has 35 heavy (non-hydrogen) atoms. The number of anilines is 3. The van der Waals surface area contributed by atoms with E-state index in [0.717, 1.165) is 35.8 Å². The number of aromatic nitrogens is 2. The number of fused-ring (bicyclic) bond motifs is 1. The summed E-state index contributed by atoms with van der Waals surface area (Å²) in [5.41, 5.74) is 0.614. The first kappa shape index (κ1) is 28.4. The Labute approximate surface area is 212 Å². The Kier molecular flexibility index (Phi) is 11.8. The molecule has 1 aliphatic heterocycles. The number of likely N-dealkylation sites (N-methyl/N-ethyl adjacent to an activating group) is 1. The molecule has 0 spiro atoms. The first-order chi connectivity index (χ1) is 16.8. The van der Waals surface area contributed by atoms with Gasteiger partial charge < -0.3 is 15.4 Å². The van der Waals surface area contributed by atoms with Gasteiger partial charge in [0.1, 0.15) is 24.2 Å². The van der Waals surface area contributed by atoms with Crippen LogP contribution in [0.5, 0.6) is 0 Å². The molecule has 1 aliphatic rings. The zero-order chi connectivity index (χ0) is 25.8. The molecule has 188 valence electrons. The lowest BCUT2D eigenvalue weighted by atomic mass is 10.0. The highest BCUT2D eigenvalue weighted by atomic mass is 35.5. The third kappa shape index (κ3) is 9.01. The van der Waals surface area contributed by atoms with Gasteiger partial charge in [0.15, 0.2) is 6.29 Å². The zero-order valence-electron chi connectivity index (χ0n) is 19.3. The van der Waals surface area contributed by atoms with Gasteiger partial charge in [-0.15, -0.1) is 0 Å². The molecule has 1 aromatic heterocycles. The molecule has 1 unspecified atom stereocenters. The lowest BCUT2D eigenvalue weighted by molar-refractivity contribution is -0.113. The Morgan fingerprint density at radius 1 is 1.14 bits per heavy atom. The molecule has 0 saturated carbocycles. The highest BCUT2D eigenvalue weighted by Gasteiger charge is 2.16.